The molecule has 0 fully saturated rings. The molecule has 0 aromatic rings. The van der Waals surface area contributed by atoms with Crippen LogP contribution in [-0.2, 0) is 10.1 Å². The first kappa shape index (κ1) is 27.1. The zero-order chi connectivity index (χ0) is 17.6. The van der Waals surface area contributed by atoms with Gasteiger partial charge in [0.1, 0.15) is 0 Å². The SMILES string of the molecule is CCCCCC(CCCCCCCCCC(O)CC)S(=O)(=O)[O-].[Na+]. The first-order valence-corrected chi connectivity index (χ1v) is 11.0. The van der Waals surface area contributed by atoms with Crippen molar-refractivity contribution in [1.29, 1.82) is 0 Å². The van der Waals surface area contributed by atoms with Crippen LogP contribution >= 0.6 is 0 Å². The monoisotopic (exact) mass is 372 g/mol. The van der Waals surface area contributed by atoms with Gasteiger partial charge in [-0.25, -0.2) is 8.42 Å². The molecule has 0 spiro atoms. The van der Waals surface area contributed by atoms with Gasteiger partial charge in [-0.1, -0.05) is 78.1 Å². The first-order valence-electron chi connectivity index (χ1n) is 9.54. The third-order valence-electron chi connectivity index (χ3n) is 4.57. The standard InChI is InChI=1S/C18H38O4S.Na/c1-3-5-11-15-18(23(20,21)22)16-13-10-8-6-7-9-12-14-17(19)4-2;/h17-19H,3-16H2,1-2H3,(H,20,21,22);/q;+1/p-1. The molecule has 0 aromatic carbocycles. The third-order valence-corrected chi connectivity index (χ3v) is 5.86. The second-order valence-electron chi connectivity index (χ2n) is 6.72. The fraction of sp³-hybridized carbons (Fsp3) is 1.00. The average molecular weight is 373 g/mol. The van der Waals surface area contributed by atoms with Crippen LogP contribution in [0.3, 0.4) is 0 Å². The molecule has 0 heterocycles. The maximum atomic E-state index is 11.3. The van der Waals surface area contributed by atoms with Crippen LogP contribution in [0.4, 0.5) is 0 Å². The zero-order valence-corrected chi connectivity index (χ0v) is 19.0. The number of hydrogen-bond donors (Lipinski definition) is 1. The van der Waals surface area contributed by atoms with Gasteiger partial charge in [-0.3, -0.25) is 0 Å². The summed E-state index contributed by atoms with van der Waals surface area (Å²) >= 11 is 0. The van der Waals surface area contributed by atoms with Gasteiger partial charge < -0.3 is 9.66 Å². The van der Waals surface area contributed by atoms with Gasteiger partial charge in [0, 0.05) is 5.25 Å². The van der Waals surface area contributed by atoms with E-state index in [9.17, 15) is 18.1 Å². The molecule has 0 rings (SSSR count). The van der Waals surface area contributed by atoms with Crippen molar-refractivity contribution in [3.05, 3.63) is 0 Å². The fourth-order valence-corrected chi connectivity index (χ4v) is 3.81. The molecule has 0 amide bonds. The molecule has 2 atom stereocenters. The number of unbranched alkanes of at least 4 members (excludes halogenated alkanes) is 8. The molecule has 140 valence electrons. The summed E-state index contributed by atoms with van der Waals surface area (Å²) in [6.45, 7) is 4.08. The van der Waals surface area contributed by atoms with Gasteiger partial charge in [-0.05, 0) is 25.7 Å². The zero-order valence-electron chi connectivity index (χ0n) is 16.1. The molecule has 0 bridgehead atoms. The Morgan fingerprint density at radius 1 is 0.792 bits per heavy atom. The van der Waals surface area contributed by atoms with Crippen LogP contribution in [0.1, 0.15) is 104 Å². The molecule has 2 unspecified atom stereocenters. The third kappa shape index (κ3) is 16.3. The predicted molar refractivity (Wildman–Crippen MR) is 95.5 cm³/mol. The van der Waals surface area contributed by atoms with E-state index in [-0.39, 0.29) is 35.7 Å². The summed E-state index contributed by atoms with van der Waals surface area (Å²) < 4.78 is 33.8. The first-order chi connectivity index (χ1) is 10.9. The minimum absolute atomic E-state index is 0. The quantitative estimate of drug-likeness (QED) is 0.254. The predicted octanol–water partition coefficient (Wildman–Crippen LogP) is 1.77. The molecule has 0 saturated carbocycles. The summed E-state index contributed by atoms with van der Waals surface area (Å²) in [4.78, 5) is 0. The van der Waals surface area contributed by atoms with Gasteiger partial charge >= 0.3 is 29.6 Å². The van der Waals surface area contributed by atoms with Crippen LogP contribution in [0.15, 0.2) is 0 Å². The van der Waals surface area contributed by atoms with Crippen LogP contribution in [-0.4, -0.2) is 29.4 Å². The normalized spacial score (nSPS) is 14.2. The van der Waals surface area contributed by atoms with Gasteiger partial charge in [0.15, 0.2) is 0 Å². The summed E-state index contributed by atoms with van der Waals surface area (Å²) in [6.07, 6.45) is 13.1. The molecule has 4 nitrogen and oxygen atoms in total. The van der Waals surface area contributed by atoms with Gasteiger partial charge in [-0.15, -0.1) is 0 Å². The Bertz CT molecular complexity index is 360. The van der Waals surface area contributed by atoms with Crippen molar-refractivity contribution in [2.75, 3.05) is 0 Å². The van der Waals surface area contributed by atoms with E-state index in [1.54, 1.807) is 0 Å². The average Bonchev–Trinajstić information content (AvgIpc) is 2.50. The molecule has 1 N–H and O–H groups in total. The molecule has 0 radical (unpaired) electrons. The Morgan fingerprint density at radius 3 is 1.62 bits per heavy atom. The summed E-state index contributed by atoms with van der Waals surface area (Å²) in [5, 5.41) is 8.77. The van der Waals surface area contributed by atoms with E-state index in [0.29, 0.717) is 12.8 Å². The van der Waals surface area contributed by atoms with Gasteiger partial charge in [0.05, 0.1) is 16.2 Å². The molecule has 0 aliphatic carbocycles. The number of rotatable bonds is 16. The van der Waals surface area contributed by atoms with Crippen molar-refractivity contribution in [2.45, 2.75) is 115 Å². The van der Waals surface area contributed by atoms with Crippen LogP contribution in [0.25, 0.3) is 0 Å². The van der Waals surface area contributed by atoms with Crippen molar-refractivity contribution >= 4 is 10.1 Å². The summed E-state index contributed by atoms with van der Waals surface area (Å²) in [7, 11) is -4.13. The van der Waals surface area contributed by atoms with Crippen LogP contribution in [0.2, 0.25) is 0 Å². The maximum Gasteiger partial charge on any atom is 1.00 e. The smallest absolute Gasteiger partial charge is 0.748 e. The van der Waals surface area contributed by atoms with Gasteiger partial charge in [-0.2, -0.15) is 0 Å². The van der Waals surface area contributed by atoms with Gasteiger partial charge in [0.25, 0.3) is 0 Å². The minimum atomic E-state index is -4.13. The molecule has 24 heavy (non-hydrogen) atoms. The van der Waals surface area contributed by atoms with Crippen molar-refractivity contribution in [2.24, 2.45) is 0 Å². The topological polar surface area (TPSA) is 77.4 Å². The fourth-order valence-electron chi connectivity index (χ4n) is 2.89. The second-order valence-corrected chi connectivity index (χ2v) is 8.38. The molecule has 0 aliphatic heterocycles. The largest absolute Gasteiger partial charge is 1.00 e. The Kier molecular flexibility index (Phi) is 19.5. The van der Waals surface area contributed by atoms with Crippen molar-refractivity contribution in [3.63, 3.8) is 0 Å². The van der Waals surface area contributed by atoms with E-state index < -0.39 is 15.4 Å². The van der Waals surface area contributed by atoms with Crippen LogP contribution in [0, 0.1) is 0 Å². The number of aliphatic hydroxyl groups excluding tert-OH is 1. The Hall–Kier alpha value is 0.870. The van der Waals surface area contributed by atoms with Crippen LogP contribution < -0.4 is 29.6 Å². The molecule has 0 aromatic heterocycles. The Balaban J connectivity index is 0. The van der Waals surface area contributed by atoms with E-state index in [2.05, 4.69) is 6.92 Å². The van der Waals surface area contributed by atoms with E-state index in [1.807, 2.05) is 6.92 Å². The molecule has 6 heteroatoms. The van der Waals surface area contributed by atoms with E-state index in [1.165, 1.54) is 6.42 Å². The Labute approximate surface area is 172 Å². The van der Waals surface area contributed by atoms with Crippen molar-refractivity contribution < 1.29 is 47.6 Å². The second kappa shape index (κ2) is 17.3. The number of aliphatic hydroxyl groups is 1. The molecule has 0 saturated heterocycles. The van der Waals surface area contributed by atoms with Crippen molar-refractivity contribution in [3.8, 4) is 0 Å². The summed E-state index contributed by atoms with van der Waals surface area (Å²) in [6, 6.07) is 0. The van der Waals surface area contributed by atoms with Gasteiger partial charge in [0.2, 0.25) is 0 Å². The maximum absolute atomic E-state index is 11.3. The van der Waals surface area contributed by atoms with Crippen LogP contribution in [0.5, 0.6) is 0 Å². The van der Waals surface area contributed by atoms with E-state index in [4.69, 9.17) is 0 Å². The summed E-state index contributed by atoms with van der Waals surface area (Å²) in [5.41, 5.74) is 0. The van der Waals surface area contributed by atoms with E-state index in [0.717, 1.165) is 70.6 Å². The molecule has 0 aliphatic rings. The molecular formula is C18H37NaO4S. The molecular weight excluding hydrogens is 335 g/mol. The minimum Gasteiger partial charge on any atom is -0.748 e. The summed E-state index contributed by atoms with van der Waals surface area (Å²) in [5.74, 6) is 0. The Morgan fingerprint density at radius 2 is 1.21 bits per heavy atom. The number of hydrogen-bond acceptors (Lipinski definition) is 4. The van der Waals surface area contributed by atoms with E-state index >= 15 is 0 Å². The van der Waals surface area contributed by atoms with Crippen molar-refractivity contribution in [1.82, 2.24) is 0 Å².